The molecule has 0 radical (unpaired) electrons. The normalized spacial score (nSPS) is 21.6. The minimum atomic E-state index is -0.826. The Morgan fingerprint density at radius 2 is 2.24 bits per heavy atom. The van der Waals surface area contributed by atoms with Crippen LogP contribution in [0.2, 0.25) is 5.02 Å². The Labute approximate surface area is 128 Å². The first-order valence-electron chi connectivity index (χ1n) is 7.04. The van der Waals surface area contributed by atoms with E-state index in [1.54, 1.807) is 17.9 Å². The van der Waals surface area contributed by atoms with Gasteiger partial charge < -0.3 is 10.0 Å². The van der Waals surface area contributed by atoms with Crippen LogP contribution in [0.25, 0.3) is 0 Å². The van der Waals surface area contributed by atoms with E-state index in [9.17, 15) is 14.7 Å². The van der Waals surface area contributed by atoms with Gasteiger partial charge in [0.2, 0.25) is 0 Å². The van der Waals surface area contributed by atoms with Gasteiger partial charge in [0.15, 0.2) is 0 Å². The maximum absolute atomic E-state index is 12.5. The van der Waals surface area contributed by atoms with Gasteiger partial charge in [-0.1, -0.05) is 24.9 Å². The molecule has 0 bridgehead atoms. The predicted molar refractivity (Wildman–Crippen MR) is 79.5 cm³/mol. The fourth-order valence-corrected chi connectivity index (χ4v) is 3.15. The SMILES string of the molecule is CCCC1(C(=O)O)CCN(C(=O)c2cnc(C)cc2Cl)C1. The zero-order valence-electron chi connectivity index (χ0n) is 12.2. The van der Waals surface area contributed by atoms with Crippen molar-refractivity contribution in [1.82, 2.24) is 9.88 Å². The molecule has 0 saturated carbocycles. The Morgan fingerprint density at radius 1 is 1.52 bits per heavy atom. The van der Waals surface area contributed by atoms with Gasteiger partial charge in [-0.15, -0.1) is 0 Å². The van der Waals surface area contributed by atoms with Crippen molar-refractivity contribution in [1.29, 1.82) is 0 Å². The fourth-order valence-electron chi connectivity index (χ4n) is 2.86. The first-order valence-corrected chi connectivity index (χ1v) is 7.42. The third-order valence-corrected chi connectivity index (χ3v) is 4.36. The number of likely N-dealkylation sites (tertiary alicyclic amines) is 1. The number of aromatic nitrogens is 1. The Morgan fingerprint density at radius 3 is 2.81 bits per heavy atom. The van der Waals surface area contributed by atoms with Gasteiger partial charge in [0, 0.05) is 25.0 Å². The summed E-state index contributed by atoms with van der Waals surface area (Å²) in [5.74, 6) is -1.07. The summed E-state index contributed by atoms with van der Waals surface area (Å²) in [5, 5.41) is 9.84. The van der Waals surface area contributed by atoms with Crippen molar-refractivity contribution in [2.24, 2.45) is 5.41 Å². The van der Waals surface area contributed by atoms with E-state index in [4.69, 9.17) is 11.6 Å². The minimum absolute atomic E-state index is 0.235. The van der Waals surface area contributed by atoms with Crippen molar-refractivity contribution in [3.05, 3.63) is 28.5 Å². The average Bonchev–Trinajstić information content (AvgIpc) is 2.84. The molecule has 114 valence electrons. The number of nitrogens with zero attached hydrogens (tertiary/aromatic N) is 2. The summed E-state index contributed by atoms with van der Waals surface area (Å²) < 4.78 is 0. The van der Waals surface area contributed by atoms with E-state index in [1.807, 2.05) is 6.92 Å². The van der Waals surface area contributed by atoms with Crippen LogP contribution in [0.15, 0.2) is 12.3 Å². The molecule has 5 nitrogen and oxygen atoms in total. The van der Waals surface area contributed by atoms with Gasteiger partial charge in [-0.25, -0.2) is 0 Å². The molecule has 1 aliphatic heterocycles. The Hall–Kier alpha value is -1.62. The first kappa shape index (κ1) is 15.8. The summed E-state index contributed by atoms with van der Waals surface area (Å²) in [6.45, 7) is 4.43. The lowest BCUT2D eigenvalue weighted by Crippen LogP contribution is -2.37. The number of carboxylic acids is 1. The number of rotatable bonds is 4. The van der Waals surface area contributed by atoms with Gasteiger partial charge in [0.25, 0.3) is 5.91 Å². The average molecular weight is 311 g/mol. The van der Waals surface area contributed by atoms with E-state index in [-0.39, 0.29) is 12.5 Å². The number of carboxylic acid groups (broad SMARTS) is 1. The molecule has 2 heterocycles. The van der Waals surface area contributed by atoms with E-state index < -0.39 is 11.4 Å². The number of hydrogen-bond acceptors (Lipinski definition) is 3. The highest BCUT2D eigenvalue weighted by Gasteiger charge is 2.45. The molecular formula is C15H19ClN2O3. The van der Waals surface area contributed by atoms with Crippen LogP contribution < -0.4 is 0 Å². The molecule has 1 atom stereocenters. The predicted octanol–water partition coefficient (Wildman–Crippen LogP) is 2.76. The second-order valence-corrected chi connectivity index (χ2v) is 6.02. The smallest absolute Gasteiger partial charge is 0.311 e. The quantitative estimate of drug-likeness (QED) is 0.928. The van der Waals surface area contributed by atoms with Crippen molar-refractivity contribution < 1.29 is 14.7 Å². The maximum Gasteiger partial charge on any atom is 0.311 e. The summed E-state index contributed by atoms with van der Waals surface area (Å²) in [6, 6.07) is 1.64. The maximum atomic E-state index is 12.5. The molecule has 1 aromatic heterocycles. The lowest BCUT2D eigenvalue weighted by molar-refractivity contribution is -0.148. The minimum Gasteiger partial charge on any atom is -0.481 e. The molecule has 1 saturated heterocycles. The van der Waals surface area contributed by atoms with Crippen LogP contribution in [0.1, 0.15) is 42.2 Å². The van der Waals surface area contributed by atoms with Crippen molar-refractivity contribution >= 4 is 23.5 Å². The van der Waals surface area contributed by atoms with Gasteiger partial charge in [-0.05, 0) is 25.8 Å². The molecule has 1 N–H and O–H groups in total. The molecule has 1 aromatic rings. The molecule has 0 aromatic carbocycles. The van der Waals surface area contributed by atoms with Crippen molar-refractivity contribution in [3.8, 4) is 0 Å². The van der Waals surface area contributed by atoms with Crippen LogP contribution >= 0.6 is 11.6 Å². The molecule has 6 heteroatoms. The number of halogens is 1. The second-order valence-electron chi connectivity index (χ2n) is 5.62. The molecular weight excluding hydrogens is 292 g/mol. The van der Waals surface area contributed by atoms with E-state index in [0.29, 0.717) is 30.0 Å². The van der Waals surface area contributed by atoms with Crippen LogP contribution in [0.4, 0.5) is 0 Å². The Bertz CT molecular complexity index is 576. The molecule has 21 heavy (non-hydrogen) atoms. The van der Waals surface area contributed by atoms with Crippen molar-refractivity contribution in [3.63, 3.8) is 0 Å². The number of aryl methyl sites for hydroxylation is 1. The number of hydrogen-bond donors (Lipinski definition) is 1. The van der Waals surface area contributed by atoms with Crippen molar-refractivity contribution in [2.45, 2.75) is 33.1 Å². The van der Waals surface area contributed by atoms with Gasteiger partial charge in [-0.3, -0.25) is 14.6 Å². The summed E-state index contributed by atoms with van der Waals surface area (Å²) >= 11 is 6.09. The highest BCUT2D eigenvalue weighted by molar-refractivity contribution is 6.33. The number of pyridine rings is 1. The van der Waals surface area contributed by atoms with Crippen LogP contribution in [-0.4, -0.2) is 40.0 Å². The standard InChI is InChI=1S/C15H19ClN2O3/c1-3-4-15(14(20)21)5-6-18(9-15)13(19)11-8-17-10(2)7-12(11)16/h7-8H,3-6,9H2,1-2H3,(H,20,21). The molecule has 1 aliphatic rings. The number of aliphatic carboxylic acids is 1. The Balaban J connectivity index is 2.20. The van der Waals surface area contributed by atoms with Crippen LogP contribution in [-0.2, 0) is 4.79 Å². The van der Waals surface area contributed by atoms with Gasteiger partial charge in [0.1, 0.15) is 0 Å². The third-order valence-electron chi connectivity index (χ3n) is 4.04. The van der Waals surface area contributed by atoms with Gasteiger partial charge in [-0.2, -0.15) is 0 Å². The summed E-state index contributed by atoms with van der Waals surface area (Å²) in [6.07, 6.45) is 3.30. The van der Waals surface area contributed by atoms with E-state index in [0.717, 1.165) is 12.1 Å². The highest BCUT2D eigenvalue weighted by Crippen LogP contribution is 2.36. The monoisotopic (exact) mass is 310 g/mol. The first-order chi connectivity index (χ1) is 9.89. The fraction of sp³-hybridized carbons (Fsp3) is 0.533. The zero-order chi connectivity index (χ0) is 15.6. The van der Waals surface area contributed by atoms with Crippen LogP contribution in [0, 0.1) is 12.3 Å². The number of amides is 1. The highest BCUT2D eigenvalue weighted by atomic mass is 35.5. The number of carbonyl (C=O) groups excluding carboxylic acids is 1. The van der Waals surface area contributed by atoms with Gasteiger partial charge >= 0.3 is 5.97 Å². The number of carbonyl (C=O) groups is 2. The summed E-state index contributed by atoms with van der Waals surface area (Å²) in [7, 11) is 0. The lowest BCUT2D eigenvalue weighted by Gasteiger charge is -2.24. The molecule has 1 amide bonds. The lowest BCUT2D eigenvalue weighted by atomic mass is 9.83. The van der Waals surface area contributed by atoms with Gasteiger partial charge in [0.05, 0.1) is 16.0 Å². The second kappa shape index (κ2) is 6.02. The molecule has 1 fully saturated rings. The topological polar surface area (TPSA) is 70.5 Å². The molecule has 0 aliphatic carbocycles. The van der Waals surface area contributed by atoms with Crippen LogP contribution in [0.3, 0.4) is 0 Å². The molecule has 1 unspecified atom stereocenters. The third kappa shape index (κ3) is 3.02. The summed E-state index contributed by atoms with van der Waals surface area (Å²) in [4.78, 5) is 29.7. The van der Waals surface area contributed by atoms with Crippen LogP contribution in [0.5, 0.6) is 0 Å². The van der Waals surface area contributed by atoms with E-state index in [2.05, 4.69) is 4.98 Å². The largest absolute Gasteiger partial charge is 0.481 e. The Kier molecular flexibility index (Phi) is 4.52. The zero-order valence-corrected chi connectivity index (χ0v) is 13.0. The van der Waals surface area contributed by atoms with Crippen molar-refractivity contribution in [2.75, 3.05) is 13.1 Å². The summed E-state index contributed by atoms with van der Waals surface area (Å²) in [5.41, 5.74) is 0.249. The van der Waals surface area contributed by atoms with E-state index >= 15 is 0 Å². The van der Waals surface area contributed by atoms with E-state index in [1.165, 1.54) is 6.20 Å². The molecule has 2 rings (SSSR count). The molecule has 0 spiro atoms.